The fraction of sp³-hybridized carbons (Fsp3) is 0.357. The third-order valence-electron chi connectivity index (χ3n) is 2.88. The van der Waals surface area contributed by atoms with E-state index >= 15 is 0 Å². The fourth-order valence-electron chi connectivity index (χ4n) is 1.68. The number of benzene rings is 1. The average molecular weight is 262 g/mol. The molecular weight excluding hydrogens is 244 g/mol. The fourth-order valence-corrected chi connectivity index (χ4v) is 2.69. The van der Waals surface area contributed by atoms with Gasteiger partial charge in [0.1, 0.15) is 5.75 Å². The second-order valence-corrected chi connectivity index (χ2v) is 5.47. The summed E-state index contributed by atoms with van der Waals surface area (Å²) < 4.78 is 5.15. The monoisotopic (exact) mass is 262 g/mol. The lowest BCUT2D eigenvalue weighted by Gasteiger charge is -2.03. The van der Waals surface area contributed by atoms with Gasteiger partial charge in [0.25, 0.3) is 0 Å². The summed E-state index contributed by atoms with van der Waals surface area (Å²) in [6.45, 7) is 2.76. The number of hydrogen-bond donors (Lipinski definition) is 1. The average Bonchev–Trinajstić information content (AvgIpc) is 2.87. The predicted octanol–water partition coefficient (Wildman–Crippen LogP) is 2.80. The SMILES string of the molecule is COc1ccc(Cc2cnc(C(C)CN)s2)cc1. The predicted molar refractivity (Wildman–Crippen MR) is 75.4 cm³/mol. The molecule has 0 fully saturated rings. The zero-order chi connectivity index (χ0) is 13.0. The molecular formula is C14H18N2OS. The maximum Gasteiger partial charge on any atom is 0.118 e. The van der Waals surface area contributed by atoms with Gasteiger partial charge >= 0.3 is 0 Å². The van der Waals surface area contributed by atoms with E-state index in [1.165, 1.54) is 10.4 Å². The maximum absolute atomic E-state index is 5.65. The molecule has 3 nitrogen and oxygen atoms in total. The molecule has 0 saturated heterocycles. The van der Waals surface area contributed by atoms with Gasteiger partial charge in [-0.1, -0.05) is 19.1 Å². The number of thiazole rings is 1. The minimum Gasteiger partial charge on any atom is -0.497 e. The molecule has 1 heterocycles. The highest BCUT2D eigenvalue weighted by atomic mass is 32.1. The number of nitrogens with zero attached hydrogens (tertiary/aromatic N) is 1. The van der Waals surface area contributed by atoms with Crippen LogP contribution in [0.2, 0.25) is 0 Å². The van der Waals surface area contributed by atoms with Crippen molar-refractivity contribution in [3.8, 4) is 5.75 Å². The van der Waals surface area contributed by atoms with Crippen LogP contribution in [0.25, 0.3) is 0 Å². The first kappa shape index (κ1) is 13.1. The summed E-state index contributed by atoms with van der Waals surface area (Å²) in [5.41, 5.74) is 6.92. The smallest absolute Gasteiger partial charge is 0.118 e. The molecule has 0 saturated carbocycles. The molecule has 1 atom stereocenters. The Balaban J connectivity index is 2.06. The van der Waals surface area contributed by atoms with Crippen LogP contribution in [0.1, 0.15) is 28.3 Å². The Morgan fingerprint density at radius 2 is 2.06 bits per heavy atom. The molecule has 2 rings (SSSR count). The maximum atomic E-state index is 5.65. The van der Waals surface area contributed by atoms with Gasteiger partial charge in [-0.25, -0.2) is 4.98 Å². The molecule has 2 aromatic rings. The van der Waals surface area contributed by atoms with E-state index < -0.39 is 0 Å². The normalized spacial score (nSPS) is 12.4. The van der Waals surface area contributed by atoms with Crippen LogP contribution in [0.15, 0.2) is 30.5 Å². The van der Waals surface area contributed by atoms with E-state index in [1.54, 1.807) is 18.4 Å². The van der Waals surface area contributed by atoms with Crippen LogP contribution in [0.5, 0.6) is 5.75 Å². The highest BCUT2D eigenvalue weighted by Gasteiger charge is 2.09. The summed E-state index contributed by atoms with van der Waals surface area (Å²) in [5.74, 6) is 1.24. The molecule has 0 aliphatic heterocycles. The molecule has 2 N–H and O–H groups in total. The van der Waals surface area contributed by atoms with Crippen LogP contribution in [0.4, 0.5) is 0 Å². The zero-order valence-corrected chi connectivity index (χ0v) is 11.5. The summed E-state index contributed by atoms with van der Waals surface area (Å²) in [7, 11) is 1.68. The molecule has 1 unspecified atom stereocenters. The van der Waals surface area contributed by atoms with Crippen LogP contribution < -0.4 is 10.5 Å². The molecule has 1 aromatic heterocycles. The van der Waals surface area contributed by atoms with Crippen molar-refractivity contribution in [3.63, 3.8) is 0 Å². The Bertz CT molecular complexity index is 493. The molecule has 4 heteroatoms. The Kier molecular flexibility index (Phi) is 4.33. The van der Waals surface area contributed by atoms with Gasteiger partial charge in [-0.05, 0) is 17.7 Å². The number of hydrogen-bond acceptors (Lipinski definition) is 4. The van der Waals surface area contributed by atoms with Gasteiger partial charge in [0.05, 0.1) is 12.1 Å². The lowest BCUT2D eigenvalue weighted by Crippen LogP contribution is -2.08. The summed E-state index contributed by atoms with van der Waals surface area (Å²) in [6, 6.07) is 8.15. The highest BCUT2D eigenvalue weighted by molar-refractivity contribution is 7.11. The van der Waals surface area contributed by atoms with Gasteiger partial charge in [-0.3, -0.25) is 0 Å². The molecule has 0 spiro atoms. The molecule has 0 aliphatic carbocycles. The van der Waals surface area contributed by atoms with E-state index in [0.717, 1.165) is 17.2 Å². The lowest BCUT2D eigenvalue weighted by molar-refractivity contribution is 0.414. The van der Waals surface area contributed by atoms with Crippen molar-refractivity contribution in [1.82, 2.24) is 4.98 Å². The third kappa shape index (κ3) is 3.09. The molecule has 18 heavy (non-hydrogen) atoms. The van der Waals surface area contributed by atoms with Gasteiger partial charge in [0.15, 0.2) is 0 Å². The summed E-state index contributed by atoms with van der Waals surface area (Å²) in [6.07, 6.45) is 2.87. The van der Waals surface area contributed by atoms with Crippen molar-refractivity contribution >= 4 is 11.3 Å². The number of nitrogens with two attached hydrogens (primary N) is 1. The van der Waals surface area contributed by atoms with Crippen molar-refractivity contribution in [2.75, 3.05) is 13.7 Å². The Morgan fingerprint density at radius 3 is 2.67 bits per heavy atom. The first-order chi connectivity index (χ1) is 8.72. The second kappa shape index (κ2) is 5.98. The highest BCUT2D eigenvalue weighted by Crippen LogP contribution is 2.23. The third-order valence-corrected chi connectivity index (χ3v) is 4.11. The van der Waals surface area contributed by atoms with Crippen LogP contribution in [0, 0.1) is 0 Å². The van der Waals surface area contributed by atoms with Gasteiger partial charge in [-0.2, -0.15) is 0 Å². The van der Waals surface area contributed by atoms with E-state index in [2.05, 4.69) is 24.0 Å². The van der Waals surface area contributed by atoms with Gasteiger partial charge < -0.3 is 10.5 Å². The quantitative estimate of drug-likeness (QED) is 0.901. The lowest BCUT2D eigenvalue weighted by atomic mass is 10.1. The summed E-state index contributed by atoms with van der Waals surface area (Å²) in [5, 5.41) is 1.13. The van der Waals surface area contributed by atoms with E-state index in [-0.39, 0.29) is 0 Å². The molecule has 0 amide bonds. The number of rotatable bonds is 5. The first-order valence-corrected chi connectivity index (χ1v) is 6.82. The first-order valence-electron chi connectivity index (χ1n) is 6.00. The van der Waals surface area contributed by atoms with E-state index in [0.29, 0.717) is 12.5 Å². The van der Waals surface area contributed by atoms with E-state index in [9.17, 15) is 0 Å². The zero-order valence-electron chi connectivity index (χ0n) is 10.7. The van der Waals surface area contributed by atoms with Crippen LogP contribution in [0.3, 0.4) is 0 Å². The number of ether oxygens (including phenoxy) is 1. The number of methoxy groups -OCH3 is 1. The van der Waals surface area contributed by atoms with Gasteiger partial charge in [-0.15, -0.1) is 11.3 Å². The largest absolute Gasteiger partial charge is 0.497 e. The van der Waals surface area contributed by atoms with Crippen molar-refractivity contribution < 1.29 is 4.74 Å². The number of aromatic nitrogens is 1. The molecule has 96 valence electrons. The Hall–Kier alpha value is -1.39. The Morgan fingerprint density at radius 1 is 1.33 bits per heavy atom. The van der Waals surface area contributed by atoms with Crippen LogP contribution >= 0.6 is 11.3 Å². The van der Waals surface area contributed by atoms with Gasteiger partial charge in [0, 0.05) is 30.0 Å². The van der Waals surface area contributed by atoms with Crippen molar-refractivity contribution in [1.29, 1.82) is 0 Å². The van der Waals surface area contributed by atoms with Crippen molar-refractivity contribution in [3.05, 3.63) is 45.9 Å². The standard InChI is InChI=1S/C14H18N2OS/c1-10(8-15)14-16-9-13(18-14)7-11-3-5-12(17-2)6-4-11/h3-6,9-10H,7-8,15H2,1-2H3. The molecule has 1 aromatic carbocycles. The molecule has 0 bridgehead atoms. The topological polar surface area (TPSA) is 48.1 Å². The molecule has 0 aliphatic rings. The van der Waals surface area contributed by atoms with Gasteiger partial charge in [0.2, 0.25) is 0 Å². The summed E-state index contributed by atoms with van der Waals surface area (Å²) >= 11 is 1.75. The minimum atomic E-state index is 0.347. The van der Waals surface area contributed by atoms with E-state index in [4.69, 9.17) is 10.5 Å². The van der Waals surface area contributed by atoms with Crippen molar-refractivity contribution in [2.24, 2.45) is 5.73 Å². The van der Waals surface area contributed by atoms with E-state index in [1.807, 2.05) is 18.3 Å². The summed E-state index contributed by atoms with van der Waals surface area (Å²) in [4.78, 5) is 5.70. The van der Waals surface area contributed by atoms with Crippen molar-refractivity contribution in [2.45, 2.75) is 19.3 Å². The van der Waals surface area contributed by atoms with Crippen LogP contribution in [-0.2, 0) is 6.42 Å². The second-order valence-electron chi connectivity index (χ2n) is 4.33. The molecule has 0 radical (unpaired) electrons. The Labute approximate surface area is 112 Å². The minimum absolute atomic E-state index is 0.347. The van der Waals surface area contributed by atoms with Crippen LogP contribution in [-0.4, -0.2) is 18.6 Å².